The van der Waals surface area contributed by atoms with Crippen LogP contribution in [0.15, 0.2) is 18.2 Å². The van der Waals surface area contributed by atoms with E-state index in [2.05, 4.69) is 57.8 Å². The molecular weight excluding hydrogens is 208 g/mol. The zero-order valence-corrected chi connectivity index (χ0v) is 11.3. The SMILES string of the molecule is Cc1cc(C)c2nc(N)c(C(C)(C)C)cc2c1. The molecule has 0 saturated heterocycles. The summed E-state index contributed by atoms with van der Waals surface area (Å²) in [7, 11) is 0. The Morgan fingerprint density at radius 2 is 1.71 bits per heavy atom. The van der Waals surface area contributed by atoms with Crippen molar-refractivity contribution in [2.75, 3.05) is 5.73 Å². The highest BCUT2D eigenvalue weighted by Gasteiger charge is 2.18. The van der Waals surface area contributed by atoms with E-state index in [4.69, 9.17) is 5.73 Å². The highest BCUT2D eigenvalue weighted by molar-refractivity contribution is 5.85. The van der Waals surface area contributed by atoms with E-state index in [0.717, 1.165) is 11.1 Å². The number of nitrogens with zero attached hydrogens (tertiary/aromatic N) is 1. The summed E-state index contributed by atoms with van der Waals surface area (Å²) in [6.45, 7) is 10.7. The molecule has 0 aliphatic carbocycles. The molecule has 0 aliphatic heterocycles. The predicted molar refractivity (Wildman–Crippen MR) is 74.3 cm³/mol. The van der Waals surface area contributed by atoms with Crippen LogP contribution in [0.25, 0.3) is 10.9 Å². The Kier molecular flexibility index (Phi) is 2.61. The molecule has 2 rings (SSSR count). The minimum Gasteiger partial charge on any atom is -0.383 e. The summed E-state index contributed by atoms with van der Waals surface area (Å²) in [5.74, 6) is 0.650. The lowest BCUT2D eigenvalue weighted by Crippen LogP contribution is -2.15. The largest absolute Gasteiger partial charge is 0.383 e. The van der Waals surface area contributed by atoms with Gasteiger partial charge in [0.05, 0.1) is 5.52 Å². The smallest absolute Gasteiger partial charge is 0.127 e. The Morgan fingerprint density at radius 3 is 2.29 bits per heavy atom. The monoisotopic (exact) mass is 228 g/mol. The maximum Gasteiger partial charge on any atom is 0.127 e. The number of rotatable bonds is 0. The summed E-state index contributed by atoms with van der Waals surface area (Å²) in [4.78, 5) is 4.56. The molecule has 0 aliphatic rings. The van der Waals surface area contributed by atoms with Crippen molar-refractivity contribution in [2.45, 2.75) is 40.0 Å². The van der Waals surface area contributed by atoms with Crippen molar-refractivity contribution in [1.82, 2.24) is 4.98 Å². The van der Waals surface area contributed by atoms with E-state index in [-0.39, 0.29) is 5.41 Å². The second-order valence-corrected chi connectivity index (χ2v) is 5.82. The first-order chi connectivity index (χ1) is 7.79. The van der Waals surface area contributed by atoms with Gasteiger partial charge >= 0.3 is 0 Å². The lowest BCUT2D eigenvalue weighted by atomic mass is 9.86. The van der Waals surface area contributed by atoms with Crippen LogP contribution >= 0.6 is 0 Å². The van der Waals surface area contributed by atoms with Gasteiger partial charge in [0.2, 0.25) is 0 Å². The Hall–Kier alpha value is -1.57. The van der Waals surface area contributed by atoms with Crippen molar-refractivity contribution in [1.29, 1.82) is 0 Å². The van der Waals surface area contributed by atoms with Gasteiger partial charge in [-0.3, -0.25) is 0 Å². The minimum atomic E-state index is 0.0307. The molecule has 2 aromatic rings. The van der Waals surface area contributed by atoms with Crippen molar-refractivity contribution >= 4 is 16.7 Å². The topological polar surface area (TPSA) is 38.9 Å². The van der Waals surface area contributed by atoms with Crippen LogP contribution in [0.2, 0.25) is 0 Å². The van der Waals surface area contributed by atoms with Crippen molar-refractivity contribution in [3.8, 4) is 0 Å². The van der Waals surface area contributed by atoms with Gasteiger partial charge in [-0.05, 0) is 37.0 Å². The summed E-state index contributed by atoms with van der Waals surface area (Å²) >= 11 is 0. The zero-order chi connectivity index (χ0) is 12.8. The van der Waals surface area contributed by atoms with Crippen LogP contribution in [0, 0.1) is 13.8 Å². The van der Waals surface area contributed by atoms with Gasteiger partial charge in [0.1, 0.15) is 5.82 Å². The third kappa shape index (κ3) is 2.12. The molecule has 0 spiro atoms. The molecule has 0 unspecified atom stereocenters. The molecule has 0 fully saturated rings. The van der Waals surface area contributed by atoms with E-state index < -0.39 is 0 Å². The standard InChI is InChI=1S/C15H20N2/c1-9-6-10(2)13-11(7-9)8-12(14(16)17-13)15(3,4)5/h6-8H,1-5H3,(H2,16,17). The molecule has 1 aromatic heterocycles. The number of anilines is 1. The molecule has 0 saturated carbocycles. The molecule has 2 N–H and O–H groups in total. The third-order valence-corrected chi connectivity index (χ3v) is 3.09. The Bertz CT molecular complexity index is 577. The van der Waals surface area contributed by atoms with Crippen molar-refractivity contribution in [3.63, 3.8) is 0 Å². The summed E-state index contributed by atoms with van der Waals surface area (Å²) in [6, 6.07) is 6.49. The number of pyridine rings is 1. The van der Waals surface area contributed by atoms with E-state index in [1.165, 1.54) is 16.5 Å². The number of nitrogen functional groups attached to an aromatic ring is 1. The van der Waals surface area contributed by atoms with Gasteiger partial charge in [0, 0.05) is 10.9 Å². The lowest BCUT2D eigenvalue weighted by molar-refractivity contribution is 0.591. The number of nitrogens with two attached hydrogens (primary N) is 1. The fourth-order valence-corrected chi connectivity index (χ4v) is 2.27. The molecule has 2 nitrogen and oxygen atoms in total. The number of aromatic nitrogens is 1. The highest BCUT2D eigenvalue weighted by Crippen LogP contribution is 2.30. The first-order valence-electron chi connectivity index (χ1n) is 5.97. The number of fused-ring (bicyclic) bond motifs is 1. The quantitative estimate of drug-likeness (QED) is 0.746. The molecule has 90 valence electrons. The van der Waals surface area contributed by atoms with Gasteiger partial charge in [-0.2, -0.15) is 0 Å². The molecule has 1 heterocycles. The Balaban J connectivity index is 2.81. The van der Waals surface area contributed by atoms with Gasteiger partial charge in [-0.1, -0.05) is 32.4 Å². The molecular formula is C15H20N2. The van der Waals surface area contributed by atoms with E-state index in [0.29, 0.717) is 5.82 Å². The van der Waals surface area contributed by atoms with Crippen LogP contribution in [-0.4, -0.2) is 4.98 Å². The second kappa shape index (κ2) is 3.73. The van der Waals surface area contributed by atoms with Crippen molar-refractivity contribution in [3.05, 3.63) is 34.9 Å². The normalized spacial score (nSPS) is 12.1. The Morgan fingerprint density at radius 1 is 1.06 bits per heavy atom. The van der Waals surface area contributed by atoms with Gasteiger partial charge in [-0.15, -0.1) is 0 Å². The molecule has 0 bridgehead atoms. The van der Waals surface area contributed by atoms with E-state index >= 15 is 0 Å². The average molecular weight is 228 g/mol. The highest BCUT2D eigenvalue weighted by atomic mass is 14.8. The molecule has 0 atom stereocenters. The van der Waals surface area contributed by atoms with Crippen LogP contribution in [0.1, 0.15) is 37.5 Å². The van der Waals surface area contributed by atoms with Crippen LogP contribution in [0.5, 0.6) is 0 Å². The average Bonchev–Trinajstić information content (AvgIpc) is 2.16. The third-order valence-electron chi connectivity index (χ3n) is 3.09. The summed E-state index contributed by atoms with van der Waals surface area (Å²) in [6.07, 6.45) is 0. The fourth-order valence-electron chi connectivity index (χ4n) is 2.27. The molecule has 2 heteroatoms. The molecule has 0 radical (unpaired) electrons. The maximum absolute atomic E-state index is 6.07. The minimum absolute atomic E-state index is 0.0307. The number of aryl methyl sites for hydroxylation is 2. The number of benzene rings is 1. The van der Waals surface area contributed by atoms with Gasteiger partial charge in [0.15, 0.2) is 0 Å². The van der Waals surface area contributed by atoms with Crippen molar-refractivity contribution < 1.29 is 0 Å². The fraction of sp³-hybridized carbons (Fsp3) is 0.400. The second-order valence-electron chi connectivity index (χ2n) is 5.82. The summed E-state index contributed by atoms with van der Waals surface area (Å²) < 4.78 is 0. The first-order valence-corrected chi connectivity index (χ1v) is 5.97. The van der Waals surface area contributed by atoms with Crippen LogP contribution in [0.4, 0.5) is 5.82 Å². The van der Waals surface area contributed by atoms with Gasteiger partial charge in [-0.25, -0.2) is 4.98 Å². The van der Waals surface area contributed by atoms with Crippen LogP contribution in [-0.2, 0) is 5.41 Å². The van der Waals surface area contributed by atoms with Crippen molar-refractivity contribution in [2.24, 2.45) is 0 Å². The van der Waals surface area contributed by atoms with Crippen LogP contribution < -0.4 is 5.73 Å². The Labute approximate surface area is 103 Å². The van der Waals surface area contributed by atoms with E-state index in [9.17, 15) is 0 Å². The van der Waals surface area contributed by atoms with E-state index in [1.807, 2.05) is 0 Å². The van der Waals surface area contributed by atoms with Gasteiger partial charge < -0.3 is 5.73 Å². The lowest BCUT2D eigenvalue weighted by Gasteiger charge is -2.21. The molecule has 0 amide bonds. The first kappa shape index (κ1) is 11.9. The number of hydrogen-bond acceptors (Lipinski definition) is 2. The van der Waals surface area contributed by atoms with E-state index in [1.54, 1.807) is 0 Å². The molecule has 17 heavy (non-hydrogen) atoms. The van der Waals surface area contributed by atoms with Gasteiger partial charge in [0.25, 0.3) is 0 Å². The zero-order valence-electron chi connectivity index (χ0n) is 11.3. The van der Waals surface area contributed by atoms with Crippen LogP contribution in [0.3, 0.4) is 0 Å². The number of hydrogen-bond donors (Lipinski definition) is 1. The summed E-state index contributed by atoms with van der Waals surface area (Å²) in [5, 5.41) is 1.18. The summed E-state index contributed by atoms with van der Waals surface area (Å²) in [5.41, 5.74) is 10.7. The molecule has 1 aromatic carbocycles. The predicted octanol–water partition coefficient (Wildman–Crippen LogP) is 3.73. The maximum atomic E-state index is 6.07.